The van der Waals surface area contributed by atoms with Crippen molar-refractivity contribution in [2.24, 2.45) is 0 Å². The largest absolute Gasteiger partial charge is 0.378 e. The van der Waals surface area contributed by atoms with Gasteiger partial charge in [-0.15, -0.1) is 0 Å². The predicted molar refractivity (Wildman–Crippen MR) is 119 cm³/mol. The minimum Gasteiger partial charge on any atom is -0.378 e. The lowest BCUT2D eigenvalue weighted by molar-refractivity contribution is 0.923. The van der Waals surface area contributed by atoms with Gasteiger partial charge in [0.25, 0.3) is 0 Å². The fourth-order valence-corrected chi connectivity index (χ4v) is 3.18. The lowest BCUT2D eigenvalue weighted by Gasteiger charge is -2.20. The van der Waals surface area contributed by atoms with E-state index < -0.39 is 0 Å². The van der Waals surface area contributed by atoms with Gasteiger partial charge in [0.15, 0.2) is 0 Å². The van der Waals surface area contributed by atoms with Gasteiger partial charge in [-0.25, -0.2) is 0 Å². The molecular weight excluding hydrogens is 328 g/mol. The monoisotopic (exact) mass is 356 g/mol. The molecule has 0 fully saturated rings. The SMILES string of the molecule is C/C=C/c1cccc(N(C)Cc2ccc(-c3ccc(N(C)C)cc3)cc2)c1. The average molecular weight is 357 g/mol. The highest BCUT2D eigenvalue weighted by molar-refractivity contribution is 5.66. The maximum Gasteiger partial charge on any atom is 0.0426 e. The number of allylic oxidation sites excluding steroid dienone is 1. The van der Waals surface area contributed by atoms with Gasteiger partial charge in [-0.2, -0.15) is 0 Å². The molecule has 0 aromatic heterocycles. The van der Waals surface area contributed by atoms with Crippen molar-refractivity contribution in [1.82, 2.24) is 0 Å². The molecule has 138 valence electrons. The number of nitrogens with zero attached hydrogens (tertiary/aromatic N) is 2. The molecule has 2 nitrogen and oxygen atoms in total. The Hall–Kier alpha value is -3.00. The van der Waals surface area contributed by atoms with E-state index in [1.807, 2.05) is 6.92 Å². The summed E-state index contributed by atoms with van der Waals surface area (Å²) in [6.07, 6.45) is 4.20. The molecule has 2 heteroatoms. The van der Waals surface area contributed by atoms with Crippen molar-refractivity contribution in [3.63, 3.8) is 0 Å². The van der Waals surface area contributed by atoms with Gasteiger partial charge >= 0.3 is 0 Å². The number of anilines is 2. The van der Waals surface area contributed by atoms with E-state index in [2.05, 4.69) is 116 Å². The van der Waals surface area contributed by atoms with Crippen molar-refractivity contribution in [1.29, 1.82) is 0 Å². The van der Waals surface area contributed by atoms with Gasteiger partial charge in [0.05, 0.1) is 0 Å². The Balaban J connectivity index is 1.71. The maximum atomic E-state index is 2.29. The third kappa shape index (κ3) is 4.79. The van der Waals surface area contributed by atoms with E-state index in [9.17, 15) is 0 Å². The lowest BCUT2D eigenvalue weighted by atomic mass is 10.0. The van der Waals surface area contributed by atoms with Crippen molar-refractivity contribution in [2.75, 3.05) is 30.9 Å². The molecule has 0 saturated carbocycles. The van der Waals surface area contributed by atoms with Crippen molar-refractivity contribution < 1.29 is 0 Å². The molecular formula is C25H28N2. The Kier molecular flexibility index (Phi) is 5.97. The summed E-state index contributed by atoms with van der Waals surface area (Å²) < 4.78 is 0. The van der Waals surface area contributed by atoms with Gasteiger partial charge in [0, 0.05) is 39.1 Å². The molecule has 0 heterocycles. The summed E-state index contributed by atoms with van der Waals surface area (Å²) in [6.45, 7) is 2.94. The third-order valence-corrected chi connectivity index (χ3v) is 4.76. The van der Waals surface area contributed by atoms with E-state index in [1.54, 1.807) is 0 Å². The zero-order valence-electron chi connectivity index (χ0n) is 16.7. The number of benzene rings is 3. The normalized spacial score (nSPS) is 11.0. The summed E-state index contributed by atoms with van der Waals surface area (Å²) in [6, 6.07) is 26.2. The first-order chi connectivity index (χ1) is 13.1. The van der Waals surface area contributed by atoms with Crippen LogP contribution in [0, 0.1) is 0 Å². The molecule has 0 bridgehead atoms. The lowest BCUT2D eigenvalue weighted by Crippen LogP contribution is -2.16. The molecule has 0 radical (unpaired) electrons. The van der Waals surface area contributed by atoms with Crippen LogP contribution in [-0.4, -0.2) is 21.1 Å². The van der Waals surface area contributed by atoms with E-state index in [-0.39, 0.29) is 0 Å². The topological polar surface area (TPSA) is 6.48 Å². The van der Waals surface area contributed by atoms with Gasteiger partial charge in [-0.05, 0) is 53.4 Å². The standard InChI is InChI=1S/C25H28N2/c1-5-7-20-8-6-9-25(18-20)27(4)19-21-10-12-22(13-11-21)23-14-16-24(17-15-23)26(2)3/h5-18H,19H2,1-4H3/b7-5+. The molecule has 0 N–H and O–H groups in total. The van der Waals surface area contributed by atoms with Crippen LogP contribution in [0.3, 0.4) is 0 Å². The highest BCUT2D eigenvalue weighted by Crippen LogP contribution is 2.24. The number of hydrogen-bond acceptors (Lipinski definition) is 2. The first-order valence-corrected chi connectivity index (χ1v) is 9.37. The zero-order valence-corrected chi connectivity index (χ0v) is 16.7. The molecule has 0 aliphatic rings. The van der Waals surface area contributed by atoms with E-state index in [1.165, 1.54) is 33.6 Å². The van der Waals surface area contributed by atoms with Crippen LogP contribution in [0.15, 0.2) is 78.9 Å². The van der Waals surface area contributed by atoms with Crippen molar-refractivity contribution in [2.45, 2.75) is 13.5 Å². The van der Waals surface area contributed by atoms with Gasteiger partial charge < -0.3 is 9.80 Å². The van der Waals surface area contributed by atoms with Gasteiger partial charge in [-0.1, -0.05) is 60.7 Å². The summed E-state index contributed by atoms with van der Waals surface area (Å²) in [5, 5.41) is 0. The molecule has 3 rings (SSSR count). The average Bonchev–Trinajstić information content (AvgIpc) is 2.69. The fraction of sp³-hybridized carbons (Fsp3) is 0.200. The summed E-state index contributed by atoms with van der Waals surface area (Å²) >= 11 is 0. The summed E-state index contributed by atoms with van der Waals surface area (Å²) in [5.74, 6) is 0. The van der Waals surface area contributed by atoms with Gasteiger partial charge in [-0.3, -0.25) is 0 Å². The Morgan fingerprint density at radius 2 is 1.37 bits per heavy atom. The van der Waals surface area contributed by atoms with E-state index in [0.29, 0.717) is 0 Å². The van der Waals surface area contributed by atoms with Crippen LogP contribution in [0.1, 0.15) is 18.1 Å². The van der Waals surface area contributed by atoms with Crippen LogP contribution in [0.5, 0.6) is 0 Å². The van der Waals surface area contributed by atoms with Crippen molar-refractivity contribution in [3.8, 4) is 11.1 Å². The quantitative estimate of drug-likeness (QED) is 0.527. The van der Waals surface area contributed by atoms with E-state index in [0.717, 1.165) is 6.54 Å². The first kappa shape index (κ1) is 18.8. The first-order valence-electron chi connectivity index (χ1n) is 9.37. The summed E-state index contributed by atoms with van der Waals surface area (Å²) in [4.78, 5) is 4.40. The fourth-order valence-electron chi connectivity index (χ4n) is 3.18. The highest BCUT2D eigenvalue weighted by Gasteiger charge is 2.04. The molecule has 0 saturated heterocycles. The van der Waals surface area contributed by atoms with Crippen LogP contribution in [0.25, 0.3) is 17.2 Å². The molecule has 3 aromatic rings. The minimum absolute atomic E-state index is 0.888. The van der Waals surface area contributed by atoms with Crippen LogP contribution in [0.2, 0.25) is 0 Å². The minimum atomic E-state index is 0.888. The number of hydrogen-bond donors (Lipinski definition) is 0. The van der Waals surface area contributed by atoms with Crippen LogP contribution in [0.4, 0.5) is 11.4 Å². The molecule has 0 aliphatic heterocycles. The van der Waals surface area contributed by atoms with Gasteiger partial charge in [0.1, 0.15) is 0 Å². The summed E-state index contributed by atoms with van der Waals surface area (Å²) in [5.41, 5.74) is 7.49. The second kappa shape index (κ2) is 8.59. The van der Waals surface area contributed by atoms with Crippen molar-refractivity contribution in [3.05, 3.63) is 90.0 Å². The van der Waals surface area contributed by atoms with Crippen LogP contribution >= 0.6 is 0 Å². The molecule has 27 heavy (non-hydrogen) atoms. The Labute approximate surface area is 163 Å². The van der Waals surface area contributed by atoms with E-state index >= 15 is 0 Å². The van der Waals surface area contributed by atoms with Crippen LogP contribution < -0.4 is 9.80 Å². The second-order valence-corrected chi connectivity index (χ2v) is 7.09. The zero-order chi connectivity index (χ0) is 19.2. The predicted octanol–water partition coefficient (Wildman–Crippen LogP) is 6.09. The summed E-state index contributed by atoms with van der Waals surface area (Å²) in [7, 11) is 6.27. The third-order valence-electron chi connectivity index (χ3n) is 4.76. The highest BCUT2D eigenvalue weighted by atomic mass is 15.1. The molecule has 3 aromatic carbocycles. The molecule has 0 aliphatic carbocycles. The van der Waals surface area contributed by atoms with E-state index in [4.69, 9.17) is 0 Å². The number of rotatable bonds is 6. The molecule has 0 unspecified atom stereocenters. The maximum absolute atomic E-state index is 2.29. The smallest absolute Gasteiger partial charge is 0.0426 e. The van der Waals surface area contributed by atoms with Gasteiger partial charge in [0.2, 0.25) is 0 Å². The van der Waals surface area contributed by atoms with Crippen LogP contribution in [-0.2, 0) is 6.54 Å². The Bertz CT molecular complexity index is 890. The molecule has 0 spiro atoms. The molecule has 0 amide bonds. The molecule has 0 atom stereocenters. The Morgan fingerprint density at radius 3 is 1.96 bits per heavy atom. The van der Waals surface area contributed by atoms with Crippen molar-refractivity contribution >= 4 is 17.5 Å². The Morgan fingerprint density at radius 1 is 0.741 bits per heavy atom. The second-order valence-electron chi connectivity index (χ2n) is 7.09.